The fourth-order valence-electron chi connectivity index (χ4n) is 3.17. The Morgan fingerprint density at radius 3 is 2.36 bits per heavy atom. The summed E-state index contributed by atoms with van der Waals surface area (Å²) in [6.45, 7) is 2.07. The molecule has 0 aromatic heterocycles. The molecule has 0 bridgehead atoms. The minimum Gasteiger partial charge on any atom is -0.497 e. The zero-order valence-electron chi connectivity index (χ0n) is 16.3. The maximum absolute atomic E-state index is 12.0. The molecule has 2 aromatic carbocycles. The molecule has 0 radical (unpaired) electrons. The van der Waals surface area contributed by atoms with Crippen molar-refractivity contribution in [3.8, 4) is 5.75 Å². The third kappa shape index (κ3) is 6.01. The Morgan fingerprint density at radius 2 is 1.71 bits per heavy atom. The summed E-state index contributed by atoms with van der Waals surface area (Å²) in [6.07, 6.45) is 6.67. The number of carbonyl (C=O) groups excluding carboxylic acids is 1. The second kappa shape index (κ2) is 10.3. The van der Waals surface area contributed by atoms with Crippen molar-refractivity contribution in [1.29, 1.82) is 0 Å². The van der Waals surface area contributed by atoms with E-state index >= 15 is 0 Å². The molecule has 1 aliphatic rings. The molecule has 0 unspecified atom stereocenters. The smallest absolute Gasteiger partial charge is 0.265 e. The zero-order chi connectivity index (χ0) is 19.6. The Kier molecular flexibility index (Phi) is 7.29. The summed E-state index contributed by atoms with van der Waals surface area (Å²) in [6, 6.07) is 15.4. The van der Waals surface area contributed by atoms with E-state index in [1.165, 1.54) is 31.4 Å². The van der Waals surface area contributed by atoms with E-state index in [4.69, 9.17) is 9.57 Å². The van der Waals surface area contributed by atoms with Crippen molar-refractivity contribution >= 4 is 23.5 Å². The van der Waals surface area contributed by atoms with Crippen molar-refractivity contribution in [3.63, 3.8) is 0 Å². The highest BCUT2D eigenvalue weighted by atomic mass is 16.6. The van der Waals surface area contributed by atoms with Crippen LogP contribution in [0.25, 0.3) is 0 Å². The molecule has 6 heteroatoms. The van der Waals surface area contributed by atoms with Crippen molar-refractivity contribution in [2.45, 2.75) is 25.7 Å². The van der Waals surface area contributed by atoms with Crippen molar-refractivity contribution < 1.29 is 14.4 Å². The fraction of sp³-hybridized carbons (Fsp3) is 0.364. The lowest BCUT2D eigenvalue weighted by molar-refractivity contribution is -0.120. The predicted octanol–water partition coefficient (Wildman–Crippen LogP) is 4.06. The fourth-order valence-corrected chi connectivity index (χ4v) is 3.17. The minimum absolute atomic E-state index is 0.138. The Labute approximate surface area is 166 Å². The lowest BCUT2D eigenvalue weighted by Gasteiger charge is -2.22. The summed E-state index contributed by atoms with van der Waals surface area (Å²) >= 11 is 0. The van der Waals surface area contributed by atoms with Crippen LogP contribution in [0.3, 0.4) is 0 Å². The van der Waals surface area contributed by atoms with Gasteiger partial charge < -0.3 is 19.8 Å². The SMILES string of the molecule is COc1ccc(/C=N\OCC(=O)Nc2ccc(N3CCCCCC3)cc2)cc1. The van der Waals surface area contributed by atoms with Crippen molar-refractivity contribution in [2.24, 2.45) is 5.16 Å². The molecule has 2 aromatic rings. The van der Waals surface area contributed by atoms with Gasteiger partial charge in [0.15, 0.2) is 6.61 Å². The first-order valence-corrected chi connectivity index (χ1v) is 9.69. The average Bonchev–Trinajstić information content (AvgIpc) is 3.02. The minimum atomic E-state index is -0.241. The van der Waals surface area contributed by atoms with Crippen LogP contribution < -0.4 is 15.0 Å². The van der Waals surface area contributed by atoms with Crippen LogP contribution >= 0.6 is 0 Å². The Balaban J connectivity index is 1.43. The van der Waals surface area contributed by atoms with Crippen LogP contribution in [0.1, 0.15) is 31.2 Å². The summed E-state index contributed by atoms with van der Waals surface area (Å²) in [7, 11) is 1.62. The first-order valence-electron chi connectivity index (χ1n) is 9.69. The molecule has 1 fully saturated rings. The number of ether oxygens (including phenoxy) is 1. The number of oxime groups is 1. The molecule has 1 N–H and O–H groups in total. The maximum atomic E-state index is 12.0. The highest BCUT2D eigenvalue weighted by Gasteiger charge is 2.10. The predicted molar refractivity (Wildman–Crippen MR) is 112 cm³/mol. The molecule has 0 spiro atoms. The molecular weight excluding hydrogens is 354 g/mol. The molecule has 1 amide bonds. The van der Waals surface area contributed by atoms with Crippen molar-refractivity contribution in [2.75, 3.05) is 37.0 Å². The number of benzene rings is 2. The Morgan fingerprint density at radius 1 is 1.04 bits per heavy atom. The lowest BCUT2D eigenvalue weighted by Crippen LogP contribution is -2.23. The molecule has 6 nitrogen and oxygen atoms in total. The van der Waals surface area contributed by atoms with E-state index in [0.717, 1.165) is 30.1 Å². The molecule has 1 heterocycles. The average molecular weight is 381 g/mol. The molecular formula is C22H27N3O3. The monoisotopic (exact) mass is 381 g/mol. The topological polar surface area (TPSA) is 63.2 Å². The number of nitrogens with zero attached hydrogens (tertiary/aromatic N) is 2. The van der Waals surface area contributed by atoms with Gasteiger partial charge in [0.2, 0.25) is 0 Å². The summed E-state index contributed by atoms with van der Waals surface area (Å²) in [5, 5.41) is 6.65. The summed E-state index contributed by atoms with van der Waals surface area (Å²) in [4.78, 5) is 19.5. The van der Waals surface area contributed by atoms with E-state index in [1.807, 2.05) is 36.4 Å². The molecule has 1 aliphatic heterocycles. The van der Waals surface area contributed by atoms with Gasteiger partial charge in [-0.15, -0.1) is 0 Å². The molecule has 0 atom stereocenters. The molecule has 0 aliphatic carbocycles. The van der Waals surface area contributed by atoms with Gasteiger partial charge in [-0.2, -0.15) is 0 Å². The van der Waals surface area contributed by atoms with E-state index in [-0.39, 0.29) is 12.5 Å². The van der Waals surface area contributed by atoms with Gasteiger partial charge >= 0.3 is 0 Å². The number of nitrogens with one attached hydrogen (secondary N) is 1. The van der Waals surface area contributed by atoms with Gasteiger partial charge in [0, 0.05) is 24.5 Å². The largest absolute Gasteiger partial charge is 0.497 e. The Bertz CT molecular complexity index is 765. The third-order valence-electron chi connectivity index (χ3n) is 4.71. The van der Waals surface area contributed by atoms with Crippen LogP contribution in [0.2, 0.25) is 0 Å². The van der Waals surface area contributed by atoms with Gasteiger partial charge in [0.1, 0.15) is 5.75 Å². The standard InChI is InChI=1S/C22H27N3O3/c1-27-21-12-6-18(7-13-21)16-23-28-17-22(26)24-19-8-10-20(11-9-19)25-14-4-2-3-5-15-25/h6-13,16H,2-5,14-15,17H2,1H3,(H,24,26)/b23-16-. The van der Waals surface area contributed by atoms with Gasteiger partial charge in [-0.25, -0.2) is 0 Å². The van der Waals surface area contributed by atoms with Crippen molar-refractivity contribution in [3.05, 3.63) is 54.1 Å². The lowest BCUT2D eigenvalue weighted by atomic mass is 10.2. The van der Waals surface area contributed by atoms with Crippen LogP contribution in [0, 0.1) is 0 Å². The molecule has 0 saturated carbocycles. The second-order valence-corrected chi connectivity index (χ2v) is 6.78. The highest BCUT2D eigenvalue weighted by Crippen LogP contribution is 2.21. The van der Waals surface area contributed by atoms with Gasteiger partial charge in [-0.1, -0.05) is 18.0 Å². The second-order valence-electron chi connectivity index (χ2n) is 6.78. The van der Waals surface area contributed by atoms with E-state index in [2.05, 4.69) is 27.5 Å². The number of methoxy groups -OCH3 is 1. The van der Waals surface area contributed by atoms with Crippen LogP contribution in [0.5, 0.6) is 5.75 Å². The number of hydrogen-bond acceptors (Lipinski definition) is 5. The number of hydrogen-bond donors (Lipinski definition) is 1. The number of rotatable bonds is 7. The van der Waals surface area contributed by atoms with Gasteiger partial charge in [-0.05, 0) is 66.9 Å². The van der Waals surface area contributed by atoms with E-state index in [0.29, 0.717) is 0 Å². The van der Waals surface area contributed by atoms with Gasteiger partial charge in [0.25, 0.3) is 5.91 Å². The van der Waals surface area contributed by atoms with E-state index in [9.17, 15) is 4.79 Å². The first kappa shape index (κ1) is 19.7. The van der Waals surface area contributed by atoms with Gasteiger partial charge in [-0.3, -0.25) is 4.79 Å². The quantitative estimate of drug-likeness (QED) is 0.580. The third-order valence-corrected chi connectivity index (χ3v) is 4.71. The number of amides is 1. The normalized spacial score (nSPS) is 14.5. The van der Waals surface area contributed by atoms with Crippen molar-refractivity contribution in [1.82, 2.24) is 0 Å². The maximum Gasteiger partial charge on any atom is 0.265 e. The summed E-state index contributed by atoms with van der Waals surface area (Å²) in [5.74, 6) is 0.536. The zero-order valence-corrected chi connectivity index (χ0v) is 16.3. The van der Waals surface area contributed by atoms with Crippen LogP contribution in [0.15, 0.2) is 53.7 Å². The highest BCUT2D eigenvalue weighted by molar-refractivity contribution is 5.92. The van der Waals surface area contributed by atoms with Crippen LogP contribution in [-0.4, -0.2) is 38.9 Å². The van der Waals surface area contributed by atoms with Gasteiger partial charge in [0.05, 0.1) is 13.3 Å². The van der Waals surface area contributed by atoms with E-state index in [1.54, 1.807) is 13.3 Å². The van der Waals surface area contributed by atoms with Crippen LogP contribution in [0.4, 0.5) is 11.4 Å². The first-order chi connectivity index (χ1) is 13.7. The molecule has 28 heavy (non-hydrogen) atoms. The Hall–Kier alpha value is -3.02. The summed E-state index contributed by atoms with van der Waals surface area (Å²) < 4.78 is 5.10. The molecule has 1 saturated heterocycles. The summed E-state index contributed by atoms with van der Waals surface area (Å²) in [5.41, 5.74) is 2.83. The van der Waals surface area contributed by atoms with Crippen LogP contribution in [-0.2, 0) is 9.63 Å². The van der Waals surface area contributed by atoms with E-state index < -0.39 is 0 Å². The number of carbonyl (C=O) groups is 1. The molecule has 148 valence electrons. The molecule has 3 rings (SSSR count). The number of anilines is 2.